The van der Waals surface area contributed by atoms with Gasteiger partial charge in [0.05, 0.1) is 18.1 Å². The molecule has 0 unspecified atom stereocenters. The molecule has 1 atom stereocenters. The third-order valence-electron chi connectivity index (χ3n) is 4.18. The van der Waals surface area contributed by atoms with Crippen molar-refractivity contribution < 1.29 is 23.1 Å². The molecule has 122 valence electrons. The highest BCUT2D eigenvalue weighted by Gasteiger charge is 2.35. The van der Waals surface area contributed by atoms with E-state index < -0.39 is 17.6 Å². The van der Waals surface area contributed by atoms with Crippen molar-refractivity contribution in [3.05, 3.63) is 35.4 Å². The summed E-state index contributed by atoms with van der Waals surface area (Å²) in [5, 5.41) is 12.1. The monoisotopic (exact) mass is 315 g/mol. The van der Waals surface area contributed by atoms with Gasteiger partial charge in [0.1, 0.15) is 0 Å². The molecule has 0 radical (unpaired) electrons. The van der Waals surface area contributed by atoms with Crippen LogP contribution < -0.4 is 5.32 Å². The fourth-order valence-electron chi connectivity index (χ4n) is 2.89. The first-order chi connectivity index (χ1) is 10.3. The molecule has 6 heteroatoms. The van der Waals surface area contributed by atoms with E-state index in [1.165, 1.54) is 18.2 Å². The molecule has 2 N–H and O–H groups in total. The Hall–Kier alpha value is -1.56. The summed E-state index contributed by atoms with van der Waals surface area (Å²) in [6.07, 6.45) is -3.09. The standard InChI is InChI=1S/C16H20F3NO2/c1-2-14(11-7-12(21)8-11)20-15(22)9-10-5-3-4-6-13(10)16(17,18)19/h3-6,11-12,14,21H,2,7-9H2,1H3,(H,20,22)/t11?,12?,14-/m1/s1. The van der Waals surface area contributed by atoms with E-state index in [-0.39, 0.29) is 30.0 Å². The van der Waals surface area contributed by atoms with Gasteiger partial charge in [-0.1, -0.05) is 25.1 Å². The van der Waals surface area contributed by atoms with Gasteiger partial charge in [0.15, 0.2) is 0 Å². The molecular weight excluding hydrogens is 295 g/mol. The summed E-state index contributed by atoms with van der Waals surface area (Å²) in [5.74, 6) is -0.202. The molecule has 0 aromatic heterocycles. The number of hydrogen-bond donors (Lipinski definition) is 2. The maximum absolute atomic E-state index is 12.9. The van der Waals surface area contributed by atoms with Gasteiger partial charge in [-0.05, 0) is 36.8 Å². The van der Waals surface area contributed by atoms with Crippen LogP contribution in [0.5, 0.6) is 0 Å². The number of carbonyl (C=O) groups excluding carboxylic acids is 1. The second kappa shape index (κ2) is 6.69. The molecule has 1 amide bonds. The molecule has 0 saturated heterocycles. The summed E-state index contributed by atoms with van der Waals surface area (Å²) in [6.45, 7) is 1.92. The van der Waals surface area contributed by atoms with Crippen molar-refractivity contribution in [3.8, 4) is 0 Å². The second-order valence-corrected chi connectivity index (χ2v) is 5.80. The van der Waals surface area contributed by atoms with Gasteiger partial charge in [-0.3, -0.25) is 4.79 Å². The zero-order chi connectivity index (χ0) is 16.3. The molecule has 1 aliphatic rings. The average molecular weight is 315 g/mol. The van der Waals surface area contributed by atoms with Crippen LogP contribution in [0, 0.1) is 5.92 Å². The quantitative estimate of drug-likeness (QED) is 0.878. The van der Waals surface area contributed by atoms with Crippen molar-refractivity contribution in [1.82, 2.24) is 5.32 Å². The van der Waals surface area contributed by atoms with E-state index in [4.69, 9.17) is 0 Å². The van der Waals surface area contributed by atoms with Crippen LogP contribution in [0.1, 0.15) is 37.3 Å². The third kappa shape index (κ3) is 4.00. The first-order valence-corrected chi connectivity index (χ1v) is 7.43. The minimum atomic E-state index is -4.46. The minimum Gasteiger partial charge on any atom is -0.393 e. The molecule has 0 bridgehead atoms. The number of nitrogens with one attached hydrogen (secondary N) is 1. The lowest BCUT2D eigenvalue weighted by Crippen LogP contribution is -2.47. The highest BCUT2D eigenvalue weighted by molar-refractivity contribution is 5.79. The van der Waals surface area contributed by atoms with E-state index in [1.807, 2.05) is 6.92 Å². The maximum atomic E-state index is 12.9. The molecule has 3 nitrogen and oxygen atoms in total. The van der Waals surface area contributed by atoms with Crippen molar-refractivity contribution >= 4 is 5.91 Å². The van der Waals surface area contributed by atoms with Crippen LogP contribution in [0.15, 0.2) is 24.3 Å². The number of benzene rings is 1. The van der Waals surface area contributed by atoms with E-state index >= 15 is 0 Å². The van der Waals surface area contributed by atoms with Gasteiger partial charge in [0.25, 0.3) is 0 Å². The van der Waals surface area contributed by atoms with Crippen LogP contribution >= 0.6 is 0 Å². The lowest BCUT2D eigenvalue weighted by atomic mass is 9.76. The fraction of sp³-hybridized carbons (Fsp3) is 0.562. The highest BCUT2D eigenvalue weighted by atomic mass is 19.4. The third-order valence-corrected chi connectivity index (χ3v) is 4.18. The molecule has 1 aliphatic carbocycles. The lowest BCUT2D eigenvalue weighted by Gasteiger charge is -2.37. The van der Waals surface area contributed by atoms with E-state index in [2.05, 4.69) is 5.32 Å². The predicted molar refractivity (Wildman–Crippen MR) is 76.1 cm³/mol. The SMILES string of the molecule is CC[C@@H](NC(=O)Cc1ccccc1C(F)(F)F)C1CC(O)C1. The van der Waals surface area contributed by atoms with Crippen LogP contribution in [0.25, 0.3) is 0 Å². The smallest absolute Gasteiger partial charge is 0.393 e. The highest BCUT2D eigenvalue weighted by Crippen LogP contribution is 2.33. The number of carbonyl (C=O) groups is 1. The van der Waals surface area contributed by atoms with Crippen molar-refractivity contribution in [1.29, 1.82) is 0 Å². The number of aliphatic hydroxyl groups is 1. The van der Waals surface area contributed by atoms with Gasteiger partial charge in [-0.2, -0.15) is 13.2 Å². The van der Waals surface area contributed by atoms with Gasteiger partial charge in [0.2, 0.25) is 5.91 Å². The summed E-state index contributed by atoms with van der Waals surface area (Å²) in [7, 11) is 0. The van der Waals surface area contributed by atoms with E-state index in [0.717, 1.165) is 6.07 Å². The Balaban J connectivity index is 2.00. The summed E-state index contributed by atoms with van der Waals surface area (Å²) < 4.78 is 38.7. The Labute approximate surface area is 127 Å². The molecule has 1 saturated carbocycles. The molecule has 1 aromatic rings. The minimum absolute atomic E-state index is 0.0176. The Morgan fingerprint density at radius 3 is 2.55 bits per heavy atom. The first-order valence-electron chi connectivity index (χ1n) is 7.43. The molecule has 0 aliphatic heterocycles. The molecule has 2 rings (SSSR count). The van der Waals surface area contributed by atoms with Gasteiger partial charge >= 0.3 is 6.18 Å². The molecular formula is C16H20F3NO2. The fourth-order valence-corrected chi connectivity index (χ4v) is 2.89. The van der Waals surface area contributed by atoms with E-state index in [0.29, 0.717) is 19.3 Å². The number of rotatable bonds is 5. The number of amides is 1. The Morgan fingerprint density at radius 1 is 1.36 bits per heavy atom. The Kier molecular flexibility index (Phi) is 5.11. The number of hydrogen-bond acceptors (Lipinski definition) is 2. The Morgan fingerprint density at radius 2 is 2.00 bits per heavy atom. The largest absolute Gasteiger partial charge is 0.416 e. The molecule has 0 heterocycles. The zero-order valence-electron chi connectivity index (χ0n) is 12.4. The summed E-state index contributed by atoms with van der Waals surface area (Å²) >= 11 is 0. The summed E-state index contributed by atoms with van der Waals surface area (Å²) in [6, 6.07) is 5.04. The van der Waals surface area contributed by atoms with Crippen LogP contribution in [0.3, 0.4) is 0 Å². The molecule has 0 spiro atoms. The van der Waals surface area contributed by atoms with Crippen LogP contribution in [-0.4, -0.2) is 23.2 Å². The van der Waals surface area contributed by atoms with Gasteiger partial charge < -0.3 is 10.4 Å². The number of alkyl halides is 3. The normalized spacial score (nSPS) is 22.8. The molecule has 1 fully saturated rings. The van der Waals surface area contributed by atoms with Crippen molar-refractivity contribution in [2.75, 3.05) is 0 Å². The number of aliphatic hydroxyl groups excluding tert-OH is 1. The second-order valence-electron chi connectivity index (χ2n) is 5.80. The molecule has 22 heavy (non-hydrogen) atoms. The summed E-state index contributed by atoms with van der Waals surface area (Å²) in [5.41, 5.74) is -0.784. The van der Waals surface area contributed by atoms with Crippen molar-refractivity contribution in [3.63, 3.8) is 0 Å². The predicted octanol–water partition coefficient (Wildman–Crippen LogP) is 2.91. The number of halogens is 3. The maximum Gasteiger partial charge on any atom is 0.416 e. The van der Waals surface area contributed by atoms with Gasteiger partial charge in [-0.25, -0.2) is 0 Å². The van der Waals surface area contributed by atoms with Gasteiger partial charge in [0, 0.05) is 6.04 Å². The van der Waals surface area contributed by atoms with Crippen LogP contribution in [0.2, 0.25) is 0 Å². The lowest BCUT2D eigenvalue weighted by molar-refractivity contribution is -0.138. The zero-order valence-corrected chi connectivity index (χ0v) is 12.4. The Bertz CT molecular complexity index is 524. The van der Waals surface area contributed by atoms with Crippen molar-refractivity contribution in [2.45, 2.75) is 50.9 Å². The average Bonchev–Trinajstić information content (AvgIpc) is 2.41. The first kappa shape index (κ1) is 16.8. The summed E-state index contributed by atoms with van der Waals surface area (Å²) in [4.78, 5) is 12.0. The topological polar surface area (TPSA) is 49.3 Å². The van der Waals surface area contributed by atoms with Gasteiger partial charge in [-0.15, -0.1) is 0 Å². The van der Waals surface area contributed by atoms with Crippen LogP contribution in [-0.2, 0) is 17.4 Å². The van der Waals surface area contributed by atoms with E-state index in [1.54, 1.807) is 0 Å². The van der Waals surface area contributed by atoms with Crippen LogP contribution in [0.4, 0.5) is 13.2 Å². The van der Waals surface area contributed by atoms with Crippen molar-refractivity contribution in [2.24, 2.45) is 5.92 Å². The van der Waals surface area contributed by atoms with E-state index in [9.17, 15) is 23.1 Å². The molecule has 1 aromatic carbocycles.